The van der Waals surface area contributed by atoms with Crippen LogP contribution in [0.5, 0.6) is 0 Å². The number of nitrogens with one attached hydrogen (secondary N) is 2. The molecular weight excluding hydrogens is 284 g/mol. The predicted octanol–water partition coefficient (Wildman–Crippen LogP) is 1.13. The first-order valence-electron chi connectivity index (χ1n) is 6.86. The van der Waals surface area contributed by atoms with Gasteiger partial charge in [-0.1, -0.05) is 12.1 Å². The highest BCUT2D eigenvalue weighted by Crippen LogP contribution is 2.07. The maximum atomic E-state index is 11.6. The fourth-order valence-corrected chi connectivity index (χ4v) is 1.62. The van der Waals surface area contributed by atoms with Crippen molar-refractivity contribution in [1.29, 1.82) is 0 Å². The molecule has 0 aliphatic rings. The van der Waals surface area contributed by atoms with Crippen LogP contribution in [-0.4, -0.2) is 37.5 Å². The molecule has 0 bridgehead atoms. The van der Waals surface area contributed by atoms with Gasteiger partial charge in [0.2, 0.25) is 11.8 Å². The topological polar surface area (TPSA) is 84.5 Å². The number of methoxy groups -OCH3 is 1. The van der Waals surface area contributed by atoms with Gasteiger partial charge in [0.1, 0.15) is 0 Å². The summed E-state index contributed by atoms with van der Waals surface area (Å²) in [5, 5.41) is 5.16. The second-order valence-electron chi connectivity index (χ2n) is 4.89. The summed E-state index contributed by atoms with van der Waals surface area (Å²) < 4.78 is 4.60. The average molecular weight is 304 g/mol. The Morgan fingerprint density at radius 3 is 2.36 bits per heavy atom. The van der Waals surface area contributed by atoms with Gasteiger partial charge in [-0.05, 0) is 37.6 Å². The lowest BCUT2D eigenvalue weighted by Gasteiger charge is -2.08. The Morgan fingerprint density at radius 1 is 1.18 bits per heavy atom. The molecular formula is C16H20N2O4. The first-order valence-corrected chi connectivity index (χ1v) is 6.86. The number of amides is 2. The molecule has 118 valence electrons. The molecule has 0 saturated heterocycles. The van der Waals surface area contributed by atoms with Crippen LogP contribution in [0.15, 0.2) is 30.3 Å². The molecule has 0 aromatic heterocycles. The van der Waals surface area contributed by atoms with E-state index in [4.69, 9.17) is 0 Å². The van der Waals surface area contributed by atoms with Gasteiger partial charge in [-0.3, -0.25) is 9.59 Å². The summed E-state index contributed by atoms with van der Waals surface area (Å²) >= 11 is 0. The largest absolute Gasteiger partial charge is 0.465 e. The van der Waals surface area contributed by atoms with Gasteiger partial charge in [-0.15, -0.1) is 0 Å². The van der Waals surface area contributed by atoms with Gasteiger partial charge in [-0.25, -0.2) is 4.79 Å². The Kier molecular flexibility index (Phi) is 6.82. The van der Waals surface area contributed by atoms with Gasteiger partial charge in [0.25, 0.3) is 0 Å². The van der Waals surface area contributed by atoms with Crippen molar-refractivity contribution in [1.82, 2.24) is 10.6 Å². The number of carbonyl (C=O) groups is 3. The Balaban J connectivity index is 2.48. The number of esters is 1. The molecule has 0 spiro atoms. The van der Waals surface area contributed by atoms with Crippen molar-refractivity contribution in [2.75, 3.05) is 13.7 Å². The minimum atomic E-state index is -0.413. The lowest BCUT2D eigenvalue weighted by atomic mass is 10.1. The van der Waals surface area contributed by atoms with Crippen LogP contribution in [0, 0.1) is 0 Å². The van der Waals surface area contributed by atoms with Gasteiger partial charge in [-0.2, -0.15) is 0 Å². The van der Waals surface area contributed by atoms with E-state index in [9.17, 15) is 14.4 Å². The number of carbonyl (C=O) groups excluding carboxylic acids is 3. The number of hydrogen-bond donors (Lipinski definition) is 2. The van der Waals surface area contributed by atoms with Crippen LogP contribution in [0.3, 0.4) is 0 Å². The number of hydrogen-bond acceptors (Lipinski definition) is 4. The van der Waals surface area contributed by atoms with Gasteiger partial charge in [0, 0.05) is 12.1 Å². The molecule has 0 atom stereocenters. The third kappa shape index (κ3) is 6.21. The smallest absolute Gasteiger partial charge is 0.337 e. The van der Waals surface area contributed by atoms with E-state index in [1.54, 1.807) is 30.3 Å². The van der Waals surface area contributed by atoms with E-state index in [2.05, 4.69) is 15.4 Å². The minimum Gasteiger partial charge on any atom is -0.465 e. The summed E-state index contributed by atoms with van der Waals surface area (Å²) in [4.78, 5) is 34.2. The molecule has 0 radical (unpaired) electrons. The quantitative estimate of drug-likeness (QED) is 0.609. The maximum Gasteiger partial charge on any atom is 0.337 e. The summed E-state index contributed by atoms with van der Waals surface area (Å²) in [6.45, 7) is 3.62. The van der Waals surface area contributed by atoms with E-state index in [1.807, 2.05) is 13.8 Å². The average Bonchev–Trinajstić information content (AvgIpc) is 2.50. The zero-order valence-corrected chi connectivity index (χ0v) is 12.9. The molecule has 6 heteroatoms. The zero-order chi connectivity index (χ0) is 16.5. The molecule has 1 rings (SSSR count). The highest BCUT2D eigenvalue weighted by atomic mass is 16.5. The molecule has 1 aromatic rings. The van der Waals surface area contributed by atoms with Crippen LogP contribution in [0.25, 0.3) is 6.08 Å². The van der Waals surface area contributed by atoms with Crippen LogP contribution >= 0.6 is 0 Å². The Hall–Kier alpha value is -2.63. The normalized spacial score (nSPS) is 10.5. The Morgan fingerprint density at radius 2 is 1.82 bits per heavy atom. The number of rotatable bonds is 6. The van der Waals surface area contributed by atoms with Crippen molar-refractivity contribution in [3.05, 3.63) is 41.5 Å². The minimum absolute atomic E-state index is 0.0354. The number of benzene rings is 1. The van der Waals surface area contributed by atoms with Crippen molar-refractivity contribution in [3.8, 4) is 0 Å². The fourth-order valence-electron chi connectivity index (χ4n) is 1.62. The first-order chi connectivity index (χ1) is 10.4. The second-order valence-corrected chi connectivity index (χ2v) is 4.89. The van der Waals surface area contributed by atoms with Crippen molar-refractivity contribution in [2.24, 2.45) is 0 Å². The molecule has 0 aliphatic heterocycles. The zero-order valence-electron chi connectivity index (χ0n) is 12.9. The summed E-state index contributed by atoms with van der Waals surface area (Å²) in [7, 11) is 1.32. The van der Waals surface area contributed by atoms with E-state index >= 15 is 0 Å². The molecule has 0 fully saturated rings. The lowest BCUT2D eigenvalue weighted by Crippen LogP contribution is -2.39. The van der Waals surface area contributed by atoms with E-state index in [1.165, 1.54) is 13.2 Å². The van der Waals surface area contributed by atoms with Gasteiger partial charge >= 0.3 is 5.97 Å². The highest BCUT2D eigenvalue weighted by Gasteiger charge is 2.05. The van der Waals surface area contributed by atoms with Gasteiger partial charge in [0.15, 0.2) is 0 Å². The van der Waals surface area contributed by atoms with Crippen LogP contribution in [0.2, 0.25) is 0 Å². The second kappa shape index (κ2) is 8.61. The number of ether oxygens (including phenoxy) is 1. The third-order valence-corrected chi connectivity index (χ3v) is 2.63. The van der Waals surface area contributed by atoms with Crippen LogP contribution < -0.4 is 10.6 Å². The molecule has 2 N–H and O–H groups in total. The van der Waals surface area contributed by atoms with E-state index < -0.39 is 5.97 Å². The van der Waals surface area contributed by atoms with E-state index in [0.29, 0.717) is 5.56 Å². The lowest BCUT2D eigenvalue weighted by molar-refractivity contribution is -0.124. The van der Waals surface area contributed by atoms with Crippen molar-refractivity contribution in [3.63, 3.8) is 0 Å². The summed E-state index contributed by atoms with van der Waals surface area (Å²) in [6.07, 6.45) is 2.92. The molecule has 0 heterocycles. The molecule has 6 nitrogen and oxygen atoms in total. The summed E-state index contributed by atoms with van der Waals surface area (Å²) in [6, 6.07) is 6.65. The van der Waals surface area contributed by atoms with Crippen LogP contribution in [0.1, 0.15) is 29.8 Å². The van der Waals surface area contributed by atoms with E-state index in [-0.39, 0.29) is 24.4 Å². The van der Waals surface area contributed by atoms with Crippen LogP contribution in [0.4, 0.5) is 0 Å². The Bertz CT molecular complexity index is 562. The molecule has 0 aliphatic carbocycles. The summed E-state index contributed by atoms with van der Waals surface area (Å²) in [5.74, 6) is -1.01. The van der Waals surface area contributed by atoms with E-state index in [0.717, 1.165) is 5.56 Å². The van der Waals surface area contributed by atoms with Gasteiger partial charge < -0.3 is 15.4 Å². The van der Waals surface area contributed by atoms with Gasteiger partial charge in [0.05, 0.1) is 19.2 Å². The molecule has 2 amide bonds. The van der Waals surface area contributed by atoms with Crippen molar-refractivity contribution in [2.45, 2.75) is 19.9 Å². The summed E-state index contributed by atoms with van der Waals surface area (Å²) in [5.41, 5.74) is 1.20. The SMILES string of the molecule is COC(=O)c1ccc(/C=C/C(=O)NCC(=O)NC(C)C)cc1. The monoisotopic (exact) mass is 304 g/mol. The van der Waals surface area contributed by atoms with Crippen molar-refractivity contribution >= 4 is 23.9 Å². The third-order valence-electron chi connectivity index (χ3n) is 2.63. The first kappa shape index (κ1) is 17.4. The molecule has 22 heavy (non-hydrogen) atoms. The molecule has 0 saturated carbocycles. The van der Waals surface area contributed by atoms with Crippen molar-refractivity contribution < 1.29 is 19.1 Å². The van der Waals surface area contributed by atoms with Crippen LogP contribution in [-0.2, 0) is 14.3 Å². The fraction of sp³-hybridized carbons (Fsp3) is 0.312. The molecule has 0 unspecified atom stereocenters. The highest BCUT2D eigenvalue weighted by molar-refractivity contribution is 5.94. The molecule has 1 aromatic carbocycles. The predicted molar refractivity (Wildman–Crippen MR) is 83.1 cm³/mol. The Labute approximate surface area is 129 Å². The standard InChI is InChI=1S/C16H20N2O4/c1-11(2)18-15(20)10-17-14(19)9-6-12-4-7-13(8-5-12)16(21)22-3/h4-9,11H,10H2,1-3H3,(H,17,19)(H,18,20)/b9-6+. The maximum absolute atomic E-state index is 11.6.